The minimum absolute atomic E-state index is 0.121. The molecule has 0 bridgehead atoms. The van der Waals surface area contributed by atoms with Crippen molar-refractivity contribution in [1.29, 1.82) is 0 Å². The molecule has 1 N–H and O–H groups in total. The summed E-state index contributed by atoms with van der Waals surface area (Å²) in [6.07, 6.45) is 0. The van der Waals surface area contributed by atoms with Crippen LogP contribution < -0.4 is 9.47 Å². The van der Waals surface area contributed by atoms with E-state index >= 15 is 0 Å². The third kappa shape index (κ3) is 4.30. The molecule has 6 heteroatoms. The highest BCUT2D eigenvalue weighted by atomic mass is 32.2. The Morgan fingerprint density at radius 1 is 0.926 bits per heavy atom. The van der Waals surface area contributed by atoms with E-state index in [-0.39, 0.29) is 4.90 Å². The second kappa shape index (κ2) is 7.82. The molecule has 0 heterocycles. The van der Waals surface area contributed by atoms with Crippen molar-refractivity contribution in [2.24, 2.45) is 0 Å². The van der Waals surface area contributed by atoms with Crippen LogP contribution in [0, 0.1) is 6.92 Å². The zero-order valence-electron chi connectivity index (χ0n) is 15.0. The summed E-state index contributed by atoms with van der Waals surface area (Å²) < 4.78 is 44.0. The summed E-state index contributed by atoms with van der Waals surface area (Å²) in [6, 6.07) is 19.9. The maximum Gasteiger partial charge on any atom is 0.294 e. The van der Waals surface area contributed by atoms with Gasteiger partial charge in [-0.15, -0.1) is 0 Å². The number of rotatable bonds is 6. The van der Waals surface area contributed by atoms with E-state index in [2.05, 4.69) is 0 Å². The standard InChI is InChI=1S/C21H20O5S/c1-15-18(9-6-10-21(15)27(22,23)24)19-12-11-17(25-2)13-20(19)26-14-16-7-4-3-5-8-16/h3-13H,14H2,1-2H3,(H,22,23,24). The summed E-state index contributed by atoms with van der Waals surface area (Å²) in [4.78, 5) is -0.121. The zero-order chi connectivity index (χ0) is 19.4. The van der Waals surface area contributed by atoms with Crippen LogP contribution in [0.25, 0.3) is 11.1 Å². The topological polar surface area (TPSA) is 72.8 Å². The smallest absolute Gasteiger partial charge is 0.294 e. The van der Waals surface area contributed by atoms with Crippen LogP contribution in [0.5, 0.6) is 11.5 Å². The highest BCUT2D eigenvalue weighted by molar-refractivity contribution is 7.85. The molecule has 0 aliphatic carbocycles. The Bertz CT molecular complexity index is 1040. The van der Waals surface area contributed by atoms with Gasteiger partial charge in [0.15, 0.2) is 0 Å². The molecule has 0 spiro atoms. The number of hydrogen-bond acceptors (Lipinski definition) is 4. The predicted molar refractivity (Wildman–Crippen MR) is 104 cm³/mol. The predicted octanol–water partition coefficient (Wildman–Crippen LogP) is 4.50. The second-order valence-electron chi connectivity index (χ2n) is 6.04. The summed E-state index contributed by atoms with van der Waals surface area (Å²) in [6.45, 7) is 2.02. The first-order chi connectivity index (χ1) is 12.9. The Labute approximate surface area is 158 Å². The molecule has 0 unspecified atom stereocenters. The van der Waals surface area contributed by atoms with Gasteiger partial charge in [0.25, 0.3) is 10.1 Å². The van der Waals surface area contributed by atoms with Gasteiger partial charge in [0.05, 0.1) is 12.0 Å². The van der Waals surface area contributed by atoms with Gasteiger partial charge in [-0.25, -0.2) is 0 Å². The molecular formula is C21H20O5S. The normalized spacial score (nSPS) is 11.2. The van der Waals surface area contributed by atoms with Gasteiger partial charge in [0.2, 0.25) is 0 Å². The van der Waals surface area contributed by atoms with Crippen LogP contribution in [0.2, 0.25) is 0 Å². The van der Waals surface area contributed by atoms with Crippen LogP contribution in [-0.4, -0.2) is 20.1 Å². The molecule has 0 amide bonds. The Morgan fingerprint density at radius 3 is 2.33 bits per heavy atom. The minimum atomic E-state index is -4.31. The van der Waals surface area contributed by atoms with Crippen LogP contribution in [0.3, 0.4) is 0 Å². The first kappa shape index (κ1) is 18.9. The quantitative estimate of drug-likeness (QED) is 0.634. The summed E-state index contributed by atoms with van der Waals surface area (Å²) in [5.74, 6) is 1.19. The number of benzene rings is 3. The van der Waals surface area contributed by atoms with Gasteiger partial charge in [-0.3, -0.25) is 4.55 Å². The lowest BCUT2D eigenvalue weighted by atomic mass is 9.99. The molecule has 3 rings (SSSR count). The van der Waals surface area contributed by atoms with Gasteiger partial charge in [0, 0.05) is 11.6 Å². The molecule has 140 valence electrons. The molecule has 0 saturated carbocycles. The maximum atomic E-state index is 11.6. The minimum Gasteiger partial charge on any atom is -0.497 e. The summed E-state index contributed by atoms with van der Waals surface area (Å²) in [5, 5.41) is 0. The first-order valence-corrected chi connectivity index (χ1v) is 9.76. The van der Waals surface area contributed by atoms with E-state index in [1.54, 1.807) is 38.3 Å². The summed E-state index contributed by atoms with van der Waals surface area (Å²) in [5.41, 5.74) is 2.84. The zero-order valence-corrected chi connectivity index (χ0v) is 15.9. The molecule has 0 radical (unpaired) electrons. The maximum absolute atomic E-state index is 11.6. The Balaban J connectivity index is 2.05. The number of ether oxygens (including phenoxy) is 2. The fourth-order valence-corrected chi connectivity index (χ4v) is 3.64. The molecule has 27 heavy (non-hydrogen) atoms. The molecule has 0 fully saturated rings. The van der Waals surface area contributed by atoms with E-state index in [0.29, 0.717) is 29.2 Å². The highest BCUT2D eigenvalue weighted by Gasteiger charge is 2.18. The van der Waals surface area contributed by atoms with Crippen LogP contribution in [0.1, 0.15) is 11.1 Å². The van der Waals surface area contributed by atoms with E-state index < -0.39 is 10.1 Å². The van der Waals surface area contributed by atoms with E-state index in [0.717, 1.165) is 11.1 Å². The van der Waals surface area contributed by atoms with Crippen LogP contribution in [-0.2, 0) is 16.7 Å². The lowest BCUT2D eigenvalue weighted by molar-refractivity contribution is 0.305. The third-order valence-electron chi connectivity index (χ3n) is 4.28. The Kier molecular flexibility index (Phi) is 5.48. The van der Waals surface area contributed by atoms with Gasteiger partial charge in [-0.1, -0.05) is 42.5 Å². The van der Waals surface area contributed by atoms with E-state index in [9.17, 15) is 13.0 Å². The molecular weight excluding hydrogens is 364 g/mol. The Hall–Kier alpha value is -2.83. The number of hydrogen-bond donors (Lipinski definition) is 1. The SMILES string of the molecule is COc1ccc(-c2cccc(S(=O)(=O)O)c2C)c(OCc2ccccc2)c1. The summed E-state index contributed by atoms with van der Waals surface area (Å²) >= 11 is 0. The van der Waals surface area contributed by atoms with Gasteiger partial charge < -0.3 is 9.47 Å². The second-order valence-corrected chi connectivity index (χ2v) is 7.43. The van der Waals surface area contributed by atoms with Crippen LogP contribution in [0.4, 0.5) is 0 Å². The van der Waals surface area contributed by atoms with Crippen molar-refractivity contribution in [3.63, 3.8) is 0 Å². The molecule has 3 aromatic carbocycles. The molecule has 0 aliphatic rings. The Morgan fingerprint density at radius 2 is 1.67 bits per heavy atom. The van der Waals surface area contributed by atoms with Crippen molar-refractivity contribution in [3.8, 4) is 22.6 Å². The van der Waals surface area contributed by atoms with Gasteiger partial charge in [0.1, 0.15) is 18.1 Å². The molecule has 3 aromatic rings. The molecule has 5 nitrogen and oxygen atoms in total. The van der Waals surface area contributed by atoms with Crippen LogP contribution in [0.15, 0.2) is 71.6 Å². The van der Waals surface area contributed by atoms with Gasteiger partial charge in [-0.2, -0.15) is 8.42 Å². The molecule has 0 aliphatic heterocycles. The number of methoxy groups -OCH3 is 1. The van der Waals surface area contributed by atoms with Gasteiger partial charge >= 0.3 is 0 Å². The fraction of sp³-hybridized carbons (Fsp3) is 0.143. The highest BCUT2D eigenvalue weighted by Crippen LogP contribution is 2.37. The average molecular weight is 384 g/mol. The third-order valence-corrected chi connectivity index (χ3v) is 5.28. The fourth-order valence-electron chi connectivity index (χ4n) is 2.89. The van der Waals surface area contributed by atoms with E-state index in [4.69, 9.17) is 9.47 Å². The molecule has 0 saturated heterocycles. The largest absolute Gasteiger partial charge is 0.497 e. The van der Waals surface area contributed by atoms with E-state index in [1.807, 2.05) is 36.4 Å². The first-order valence-electron chi connectivity index (χ1n) is 8.32. The van der Waals surface area contributed by atoms with Gasteiger partial charge in [-0.05, 0) is 41.8 Å². The van der Waals surface area contributed by atoms with Crippen molar-refractivity contribution in [2.45, 2.75) is 18.4 Å². The molecule has 0 aromatic heterocycles. The monoisotopic (exact) mass is 384 g/mol. The van der Waals surface area contributed by atoms with Crippen molar-refractivity contribution < 1.29 is 22.4 Å². The van der Waals surface area contributed by atoms with E-state index in [1.165, 1.54) is 6.07 Å². The van der Waals surface area contributed by atoms with Crippen molar-refractivity contribution in [3.05, 3.63) is 77.9 Å². The summed E-state index contributed by atoms with van der Waals surface area (Å²) in [7, 11) is -2.74. The van der Waals surface area contributed by atoms with Crippen molar-refractivity contribution in [1.82, 2.24) is 0 Å². The average Bonchev–Trinajstić information content (AvgIpc) is 2.66. The van der Waals surface area contributed by atoms with Crippen LogP contribution >= 0.6 is 0 Å². The van der Waals surface area contributed by atoms with Crippen molar-refractivity contribution in [2.75, 3.05) is 7.11 Å². The lowest BCUT2D eigenvalue weighted by Crippen LogP contribution is -2.03. The molecule has 0 atom stereocenters. The lowest BCUT2D eigenvalue weighted by Gasteiger charge is -2.16. The van der Waals surface area contributed by atoms with Crippen molar-refractivity contribution >= 4 is 10.1 Å².